The molecule has 2 fully saturated rings. The van der Waals surface area contributed by atoms with Crippen molar-refractivity contribution in [3.05, 3.63) is 23.8 Å². The molecule has 4 heteroatoms. The molecule has 1 aliphatic heterocycles. The van der Waals surface area contributed by atoms with Crippen molar-refractivity contribution in [2.24, 2.45) is 5.41 Å². The molecule has 0 spiro atoms. The van der Waals surface area contributed by atoms with Crippen LogP contribution in [0.5, 0.6) is 11.5 Å². The maximum Gasteiger partial charge on any atom is 0.161 e. The zero-order chi connectivity index (χ0) is 15.6. The zero-order valence-electron chi connectivity index (χ0n) is 13.4. The molecule has 0 radical (unpaired) electrons. The molecule has 4 nitrogen and oxygen atoms in total. The van der Waals surface area contributed by atoms with Gasteiger partial charge in [0.25, 0.3) is 0 Å². The summed E-state index contributed by atoms with van der Waals surface area (Å²) in [6.07, 6.45) is 6.09. The highest BCUT2D eigenvalue weighted by atomic mass is 16.5. The Balaban J connectivity index is 1.87. The van der Waals surface area contributed by atoms with E-state index in [1.54, 1.807) is 7.11 Å². The van der Waals surface area contributed by atoms with Gasteiger partial charge < -0.3 is 19.6 Å². The van der Waals surface area contributed by atoms with Crippen molar-refractivity contribution in [1.82, 2.24) is 5.32 Å². The van der Waals surface area contributed by atoms with Gasteiger partial charge in [-0.3, -0.25) is 0 Å². The second kappa shape index (κ2) is 6.29. The molecule has 1 aromatic carbocycles. The highest BCUT2D eigenvalue weighted by Gasteiger charge is 2.39. The quantitative estimate of drug-likeness (QED) is 0.850. The molecule has 1 aromatic rings. The lowest BCUT2D eigenvalue weighted by atomic mass is 9.77. The molecule has 0 unspecified atom stereocenters. The van der Waals surface area contributed by atoms with E-state index in [1.165, 1.54) is 12.8 Å². The molecule has 2 atom stereocenters. The van der Waals surface area contributed by atoms with Crippen LogP contribution >= 0.6 is 0 Å². The topological polar surface area (TPSA) is 47.6 Å². The van der Waals surface area contributed by atoms with Gasteiger partial charge in [0.05, 0.1) is 13.2 Å². The number of methoxy groups -OCH3 is 1. The normalized spacial score (nSPS) is 28.7. The van der Waals surface area contributed by atoms with E-state index in [0.717, 1.165) is 49.3 Å². The number of hydrogen-bond acceptors (Lipinski definition) is 4. The van der Waals surface area contributed by atoms with Crippen molar-refractivity contribution in [3.8, 4) is 11.5 Å². The van der Waals surface area contributed by atoms with Crippen molar-refractivity contribution in [1.29, 1.82) is 0 Å². The Bertz CT molecular complexity index is 539. The minimum atomic E-state index is -0.348. The van der Waals surface area contributed by atoms with E-state index in [9.17, 15) is 4.79 Å². The van der Waals surface area contributed by atoms with Gasteiger partial charge in [0.2, 0.25) is 0 Å². The number of ether oxygens (including phenoxy) is 2. The maximum atomic E-state index is 11.5. The summed E-state index contributed by atoms with van der Waals surface area (Å²) in [5, 5.41) is 3.33. The predicted octanol–water partition coefficient (Wildman–Crippen LogP) is 2.91. The van der Waals surface area contributed by atoms with E-state index in [0.29, 0.717) is 6.10 Å². The zero-order valence-corrected chi connectivity index (χ0v) is 13.4. The molecule has 1 aliphatic carbocycles. The summed E-state index contributed by atoms with van der Waals surface area (Å²) in [6, 6.07) is 6.08. The molecule has 0 amide bonds. The third kappa shape index (κ3) is 2.84. The molecule has 2 aliphatic rings. The van der Waals surface area contributed by atoms with Crippen LogP contribution < -0.4 is 14.8 Å². The lowest BCUT2D eigenvalue weighted by molar-refractivity contribution is -0.115. The summed E-state index contributed by atoms with van der Waals surface area (Å²) in [5.41, 5.74) is 0.799. The Hall–Kier alpha value is -1.55. The highest BCUT2D eigenvalue weighted by molar-refractivity contribution is 5.63. The van der Waals surface area contributed by atoms with Gasteiger partial charge in [0, 0.05) is 24.4 Å². The minimum absolute atomic E-state index is 0.182. The molecular formula is C18H25NO3. The fraction of sp³-hybridized carbons (Fsp3) is 0.611. The van der Waals surface area contributed by atoms with Crippen molar-refractivity contribution < 1.29 is 14.3 Å². The van der Waals surface area contributed by atoms with Crippen LogP contribution in [0.25, 0.3) is 0 Å². The second-order valence-electron chi connectivity index (χ2n) is 6.74. The lowest BCUT2D eigenvalue weighted by Gasteiger charge is -2.25. The first-order chi connectivity index (χ1) is 10.7. The van der Waals surface area contributed by atoms with Crippen LogP contribution in [-0.4, -0.2) is 32.6 Å². The second-order valence-corrected chi connectivity index (χ2v) is 6.74. The van der Waals surface area contributed by atoms with Crippen LogP contribution in [0.2, 0.25) is 0 Å². The lowest BCUT2D eigenvalue weighted by Crippen LogP contribution is -2.26. The van der Waals surface area contributed by atoms with Gasteiger partial charge in [-0.05, 0) is 43.4 Å². The van der Waals surface area contributed by atoms with Gasteiger partial charge in [0.1, 0.15) is 6.29 Å². The fourth-order valence-electron chi connectivity index (χ4n) is 3.65. The highest BCUT2D eigenvalue weighted by Crippen LogP contribution is 2.41. The molecular weight excluding hydrogens is 278 g/mol. The van der Waals surface area contributed by atoms with E-state index in [2.05, 4.69) is 17.4 Å². The number of benzene rings is 1. The molecule has 3 rings (SSSR count). The first kappa shape index (κ1) is 15.3. The Morgan fingerprint density at radius 3 is 2.73 bits per heavy atom. The van der Waals surface area contributed by atoms with E-state index >= 15 is 0 Å². The van der Waals surface area contributed by atoms with Gasteiger partial charge in [-0.25, -0.2) is 0 Å². The van der Waals surface area contributed by atoms with Crippen LogP contribution in [0.4, 0.5) is 0 Å². The number of hydrogen-bond donors (Lipinski definition) is 1. The number of rotatable bonds is 5. The molecule has 0 aromatic heterocycles. The Morgan fingerprint density at radius 2 is 2.05 bits per heavy atom. The first-order valence-corrected chi connectivity index (χ1v) is 8.18. The van der Waals surface area contributed by atoms with Gasteiger partial charge in [-0.1, -0.05) is 13.0 Å². The summed E-state index contributed by atoms with van der Waals surface area (Å²) >= 11 is 0. The Kier molecular flexibility index (Phi) is 4.39. The molecule has 120 valence electrons. The molecule has 1 saturated carbocycles. The van der Waals surface area contributed by atoms with Crippen LogP contribution in [0.1, 0.15) is 44.1 Å². The summed E-state index contributed by atoms with van der Waals surface area (Å²) in [5.74, 6) is 1.77. The Labute approximate surface area is 132 Å². The molecule has 1 saturated heterocycles. The maximum absolute atomic E-state index is 11.5. The Morgan fingerprint density at radius 1 is 1.27 bits per heavy atom. The summed E-state index contributed by atoms with van der Waals surface area (Å²) in [4.78, 5) is 11.5. The van der Waals surface area contributed by atoms with Crippen molar-refractivity contribution in [3.63, 3.8) is 0 Å². The van der Waals surface area contributed by atoms with Crippen molar-refractivity contribution in [2.45, 2.75) is 44.6 Å². The summed E-state index contributed by atoms with van der Waals surface area (Å²) in [6.45, 7) is 3.57. The average molecular weight is 303 g/mol. The molecule has 22 heavy (non-hydrogen) atoms. The number of nitrogens with one attached hydrogen (secondary N) is 1. The van der Waals surface area contributed by atoms with Crippen molar-refractivity contribution in [2.75, 3.05) is 20.2 Å². The van der Waals surface area contributed by atoms with E-state index < -0.39 is 0 Å². The SMILES string of the molecule is COc1ccc([C@@H]2CNC[C@@]2(C)C=O)cc1OC1CCCC1. The van der Waals surface area contributed by atoms with Crippen LogP contribution in [0.3, 0.4) is 0 Å². The molecule has 1 N–H and O–H groups in total. The van der Waals surface area contributed by atoms with Crippen LogP contribution in [-0.2, 0) is 4.79 Å². The van der Waals surface area contributed by atoms with Gasteiger partial charge >= 0.3 is 0 Å². The van der Waals surface area contributed by atoms with E-state index in [1.807, 2.05) is 13.0 Å². The number of aldehydes is 1. The third-order valence-electron chi connectivity index (χ3n) is 5.11. The standard InChI is InChI=1S/C18H25NO3/c1-18(12-20)11-19-10-15(18)13-7-8-16(21-2)17(9-13)22-14-5-3-4-6-14/h7-9,12,14-15,19H,3-6,10-11H2,1-2H3/t15-,18-/m0/s1. The number of carbonyl (C=O) groups is 1. The van der Waals surface area contributed by atoms with Crippen LogP contribution in [0.15, 0.2) is 18.2 Å². The van der Waals surface area contributed by atoms with Crippen LogP contribution in [0, 0.1) is 5.41 Å². The summed E-state index contributed by atoms with van der Waals surface area (Å²) in [7, 11) is 1.67. The average Bonchev–Trinajstić information content (AvgIpc) is 3.17. The van der Waals surface area contributed by atoms with E-state index in [-0.39, 0.29) is 11.3 Å². The first-order valence-electron chi connectivity index (χ1n) is 8.18. The third-order valence-corrected chi connectivity index (χ3v) is 5.11. The molecule has 1 heterocycles. The molecule has 0 bridgehead atoms. The minimum Gasteiger partial charge on any atom is -0.493 e. The van der Waals surface area contributed by atoms with Gasteiger partial charge in [-0.2, -0.15) is 0 Å². The van der Waals surface area contributed by atoms with Gasteiger partial charge in [-0.15, -0.1) is 0 Å². The predicted molar refractivity (Wildman–Crippen MR) is 85.7 cm³/mol. The fourth-order valence-corrected chi connectivity index (χ4v) is 3.65. The van der Waals surface area contributed by atoms with Crippen molar-refractivity contribution >= 4 is 6.29 Å². The number of carbonyl (C=O) groups excluding carboxylic acids is 1. The largest absolute Gasteiger partial charge is 0.493 e. The summed E-state index contributed by atoms with van der Waals surface area (Å²) < 4.78 is 11.6. The van der Waals surface area contributed by atoms with Gasteiger partial charge in [0.15, 0.2) is 11.5 Å². The monoisotopic (exact) mass is 303 g/mol. The van der Waals surface area contributed by atoms with E-state index in [4.69, 9.17) is 9.47 Å². The smallest absolute Gasteiger partial charge is 0.161 e.